The van der Waals surface area contributed by atoms with E-state index in [1.807, 2.05) is 12.1 Å². The van der Waals surface area contributed by atoms with Gasteiger partial charge in [0.2, 0.25) is 0 Å². The average Bonchev–Trinajstić information content (AvgIpc) is 3.51. The second-order valence-corrected chi connectivity index (χ2v) is 10.9. The van der Waals surface area contributed by atoms with Gasteiger partial charge in [-0.25, -0.2) is 13.8 Å². The molecule has 1 aliphatic rings. The zero-order valence-corrected chi connectivity index (χ0v) is 22.7. The van der Waals surface area contributed by atoms with E-state index in [0.29, 0.717) is 44.3 Å². The summed E-state index contributed by atoms with van der Waals surface area (Å²) in [5.41, 5.74) is 1.61. The Hall–Kier alpha value is -4.02. The van der Waals surface area contributed by atoms with E-state index in [9.17, 15) is 26.7 Å². The molecule has 0 fully saturated rings. The van der Waals surface area contributed by atoms with E-state index in [0.717, 1.165) is 29.0 Å². The van der Waals surface area contributed by atoms with Crippen molar-refractivity contribution >= 4 is 39.1 Å². The maximum Gasteiger partial charge on any atom is 0.416 e. The molecule has 11 heteroatoms. The molecule has 41 heavy (non-hydrogen) atoms. The summed E-state index contributed by atoms with van der Waals surface area (Å²) in [4.78, 5) is 19.8. The Labute approximate surface area is 239 Å². The monoisotopic (exact) mass is 600 g/mol. The number of alkyl halides is 3. The molecule has 0 radical (unpaired) electrons. The van der Waals surface area contributed by atoms with Gasteiger partial charge in [0.25, 0.3) is 5.91 Å². The number of nitrogens with zero attached hydrogens (tertiary/aromatic N) is 2. The summed E-state index contributed by atoms with van der Waals surface area (Å²) >= 11 is 7.45. The number of rotatable bonds is 5. The normalized spacial score (nSPS) is 13.2. The van der Waals surface area contributed by atoms with Crippen LogP contribution in [0.4, 0.5) is 22.0 Å². The summed E-state index contributed by atoms with van der Waals surface area (Å²) in [6.45, 7) is 0.471. The highest BCUT2D eigenvalue weighted by Crippen LogP contribution is 2.45. The van der Waals surface area contributed by atoms with Gasteiger partial charge in [0.1, 0.15) is 22.4 Å². The van der Waals surface area contributed by atoms with E-state index >= 15 is 0 Å². The molecule has 0 spiro atoms. The standard InChI is InChI=1S/C30H18ClF5N2O2S/c1-40-20-5-2-15(3-6-20)13-38-14-24-23(29(38)39)12-22(21-11-18(32)4-7-25(21)31)27-26(24)37-28(41-27)16-8-17(30(34,35)36)10-19(33)9-16/h2-12H,13-14H2,1H3. The molecule has 208 valence electrons. The number of halogens is 6. The highest BCUT2D eigenvalue weighted by Gasteiger charge is 2.34. The van der Waals surface area contributed by atoms with Crippen LogP contribution in [0.3, 0.4) is 0 Å². The molecule has 0 bridgehead atoms. The molecule has 1 amide bonds. The Morgan fingerprint density at radius 1 is 0.951 bits per heavy atom. The number of carbonyl (C=O) groups is 1. The van der Waals surface area contributed by atoms with Gasteiger partial charge in [0.05, 0.1) is 22.9 Å². The van der Waals surface area contributed by atoms with Crippen LogP contribution in [0.25, 0.3) is 31.9 Å². The fourth-order valence-corrected chi connectivity index (χ4v) is 6.23. The van der Waals surface area contributed by atoms with E-state index in [2.05, 4.69) is 4.98 Å². The highest BCUT2D eigenvalue weighted by atomic mass is 35.5. The van der Waals surface area contributed by atoms with Crippen LogP contribution in [0.15, 0.2) is 66.7 Å². The number of hydrogen-bond donors (Lipinski definition) is 0. The van der Waals surface area contributed by atoms with Gasteiger partial charge in [-0.05, 0) is 60.2 Å². The third kappa shape index (κ3) is 5.02. The number of thiazole rings is 1. The molecule has 1 aromatic heterocycles. The van der Waals surface area contributed by atoms with Crippen LogP contribution in [0.1, 0.15) is 27.0 Å². The van der Waals surface area contributed by atoms with E-state index in [4.69, 9.17) is 16.3 Å². The van der Waals surface area contributed by atoms with Gasteiger partial charge in [-0.2, -0.15) is 13.2 Å². The van der Waals surface area contributed by atoms with Crippen molar-refractivity contribution in [3.63, 3.8) is 0 Å². The molecule has 0 unspecified atom stereocenters. The van der Waals surface area contributed by atoms with Gasteiger partial charge in [0, 0.05) is 45.9 Å². The van der Waals surface area contributed by atoms with Crippen molar-refractivity contribution in [3.05, 3.63) is 106 Å². The second-order valence-electron chi connectivity index (χ2n) is 9.51. The first-order valence-corrected chi connectivity index (χ1v) is 13.4. The van der Waals surface area contributed by atoms with Crippen LogP contribution >= 0.6 is 22.9 Å². The summed E-state index contributed by atoms with van der Waals surface area (Å²) in [5, 5.41) is 0.335. The average molecular weight is 601 g/mol. The Bertz CT molecular complexity index is 1840. The van der Waals surface area contributed by atoms with E-state index in [1.165, 1.54) is 18.2 Å². The van der Waals surface area contributed by atoms with Crippen molar-refractivity contribution in [2.45, 2.75) is 19.3 Å². The third-order valence-electron chi connectivity index (χ3n) is 6.86. The summed E-state index contributed by atoms with van der Waals surface area (Å²) in [6.07, 6.45) is -4.76. The largest absolute Gasteiger partial charge is 0.497 e. The first-order chi connectivity index (χ1) is 19.5. The van der Waals surface area contributed by atoms with Crippen molar-refractivity contribution in [2.75, 3.05) is 7.11 Å². The van der Waals surface area contributed by atoms with Crippen LogP contribution in [-0.2, 0) is 19.3 Å². The summed E-state index contributed by atoms with van der Waals surface area (Å²) in [7, 11) is 1.55. The van der Waals surface area contributed by atoms with Gasteiger partial charge in [-0.15, -0.1) is 11.3 Å². The minimum absolute atomic E-state index is 0.0667. The van der Waals surface area contributed by atoms with Crippen LogP contribution in [0.5, 0.6) is 5.75 Å². The topological polar surface area (TPSA) is 42.4 Å². The lowest BCUT2D eigenvalue weighted by Crippen LogP contribution is -2.23. The Balaban J connectivity index is 1.52. The number of aromatic nitrogens is 1. The van der Waals surface area contributed by atoms with E-state index in [1.54, 1.807) is 30.2 Å². The van der Waals surface area contributed by atoms with Crippen LogP contribution in [-0.4, -0.2) is 22.9 Å². The summed E-state index contributed by atoms with van der Waals surface area (Å²) in [5.74, 6) is -1.24. The Morgan fingerprint density at radius 3 is 2.41 bits per heavy atom. The van der Waals surface area contributed by atoms with Gasteiger partial charge in [0.15, 0.2) is 0 Å². The summed E-state index contributed by atoms with van der Waals surface area (Å²) < 4.78 is 74.6. The van der Waals surface area contributed by atoms with Gasteiger partial charge < -0.3 is 9.64 Å². The van der Waals surface area contributed by atoms with Crippen molar-refractivity contribution < 1.29 is 31.5 Å². The van der Waals surface area contributed by atoms with Gasteiger partial charge in [-0.1, -0.05) is 23.7 Å². The first kappa shape index (κ1) is 27.2. The molecule has 6 rings (SSSR count). The predicted molar refractivity (Wildman–Crippen MR) is 147 cm³/mol. The maximum atomic E-state index is 14.3. The smallest absolute Gasteiger partial charge is 0.416 e. The molecule has 0 saturated heterocycles. The molecule has 1 aliphatic heterocycles. The number of benzene rings is 4. The fraction of sp³-hybridized carbons (Fsp3) is 0.133. The SMILES string of the molecule is COc1ccc(CN2Cc3c(cc(-c4cc(F)ccc4Cl)c4sc(-c5cc(F)cc(C(F)(F)F)c5)nc34)C2=O)cc1. The Kier molecular flexibility index (Phi) is 6.70. The number of methoxy groups -OCH3 is 1. The molecule has 0 atom stereocenters. The van der Waals surface area contributed by atoms with Crippen LogP contribution in [0.2, 0.25) is 5.02 Å². The van der Waals surface area contributed by atoms with Crippen molar-refractivity contribution in [2.24, 2.45) is 0 Å². The number of ether oxygens (including phenoxy) is 1. The Morgan fingerprint density at radius 2 is 1.71 bits per heavy atom. The minimum Gasteiger partial charge on any atom is -0.497 e. The third-order valence-corrected chi connectivity index (χ3v) is 8.33. The maximum absolute atomic E-state index is 14.3. The molecule has 5 aromatic rings. The number of fused-ring (bicyclic) bond motifs is 3. The number of hydrogen-bond acceptors (Lipinski definition) is 4. The first-order valence-electron chi connectivity index (χ1n) is 12.2. The quantitative estimate of drug-likeness (QED) is 0.189. The zero-order valence-electron chi connectivity index (χ0n) is 21.2. The van der Waals surface area contributed by atoms with Gasteiger partial charge >= 0.3 is 6.18 Å². The summed E-state index contributed by atoms with van der Waals surface area (Å²) in [6, 6.07) is 14.9. The second kappa shape index (κ2) is 10.1. The predicted octanol–water partition coefficient (Wildman–Crippen LogP) is 8.75. The molecular formula is C30H18ClF5N2O2S. The number of carbonyl (C=O) groups excluding carboxylic acids is 1. The minimum atomic E-state index is -4.76. The molecule has 0 saturated carbocycles. The lowest BCUT2D eigenvalue weighted by molar-refractivity contribution is -0.137. The molecule has 4 nitrogen and oxygen atoms in total. The molecule has 2 heterocycles. The zero-order chi connectivity index (χ0) is 29.1. The fourth-order valence-electron chi connectivity index (χ4n) is 4.90. The molecular weight excluding hydrogens is 583 g/mol. The molecule has 0 aliphatic carbocycles. The van der Waals surface area contributed by atoms with E-state index in [-0.39, 0.29) is 34.6 Å². The lowest BCUT2D eigenvalue weighted by atomic mass is 9.99. The van der Waals surface area contributed by atoms with E-state index < -0.39 is 23.4 Å². The van der Waals surface area contributed by atoms with Crippen molar-refractivity contribution in [3.8, 4) is 27.4 Å². The van der Waals surface area contributed by atoms with Gasteiger partial charge in [-0.3, -0.25) is 4.79 Å². The van der Waals surface area contributed by atoms with Crippen molar-refractivity contribution in [1.29, 1.82) is 0 Å². The van der Waals surface area contributed by atoms with Crippen LogP contribution in [0, 0.1) is 11.6 Å². The highest BCUT2D eigenvalue weighted by molar-refractivity contribution is 7.22. The lowest BCUT2D eigenvalue weighted by Gasteiger charge is -2.15. The van der Waals surface area contributed by atoms with Crippen molar-refractivity contribution in [1.82, 2.24) is 9.88 Å². The molecule has 0 N–H and O–H groups in total. The molecule has 4 aromatic carbocycles. The number of amides is 1. The van der Waals surface area contributed by atoms with Crippen LogP contribution < -0.4 is 4.74 Å².